The molecule has 0 bridgehead atoms. The Hall–Kier alpha value is -1.42. The van der Waals surface area contributed by atoms with Crippen LogP contribution in [0.5, 0.6) is 0 Å². The predicted octanol–water partition coefficient (Wildman–Crippen LogP) is 6.22. The Balaban J connectivity index is 2.24. The molecule has 0 aliphatic rings. The van der Waals surface area contributed by atoms with E-state index < -0.39 is 8.56 Å². The highest BCUT2D eigenvalue weighted by molar-refractivity contribution is 6.92. The SMILES string of the molecule is CCCCCCCO[Si](OC(C)CCCCC)(c1ccccc1)c1ccccc1. The Bertz CT molecular complexity index is 605. The van der Waals surface area contributed by atoms with E-state index in [2.05, 4.69) is 81.4 Å². The van der Waals surface area contributed by atoms with Gasteiger partial charge in [0.05, 0.1) is 0 Å². The number of unbranched alkanes of at least 4 members (excludes halogenated alkanes) is 6. The summed E-state index contributed by atoms with van der Waals surface area (Å²) in [6, 6.07) is 21.3. The molecule has 29 heavy (non-hydrogen) atoms. The molecule has 0 spiro atoms. The quantitative estimate of drug-likeness (QED) is 0.255. The summed E-state index contributed by atoms with van der Waals surface area (Å²) in [6.07, 6.45) is 11.2. The van der Waals surface area contributed by atoms with Gasteiger partial charge in [0.15, 0.2) is 0 Å². The largest absolute Gasteiger partial charge is 0.407 e. The third-order valence-electron chi connectivity index (χ3n) is 5.44. The van der Waals surface area contributed by atoms with Gasteiger partial charge in [0, 0.05) is 12.7 Å². The molecule has 2 aromatic carbocycles. The first kappa shape index (κ1) is 23.9. The van der Waals surface area contributed by atoms with Crippen molar-refractivity contribution in [2.45, 2.75) is 84.7 Å². The van der Waals surface area contributed by atoms with Crippen molar-refractivity contribution < 1.29 is 8.85 Å². The Morgan fingerprint density at radius 1 is 0.690 bits per heavy atom. The van der Waals surface area contributed by atoms with Crippen LogP contribution in [0.1, 0.15) is 78.6 Å². The van der Waals surface area contributed by atoms with Gasteiger partial charge in [-0.15, -0.1) is 0 Å². The zero-order valence-corrected chi connectivity index (χ0v) is 19.7. The van der Waals surface area contributed by atoms with Crippen LogP contribution in [0.3, 0.4) is 0 Å². The topological polar surface area (TPSA) is 18.5 Å². The van der Waals surface area contributed by atoms with Gasteiger partial charge >= 0.3 is 8.56 Å². The minimum atomic E-state index is -2.74. The van der Waals surface area contributed by atoms with Gasteiger partial charge in [-0.05, 0) is 30.1 Å². The van der Waals surface area contributed by atoms with Crippen LogP contribution >= 0.6 is 0 Å². The van der Waals surface area contributed by atoms with E-state index in [1.807, 2.05) is 0 Å². The Morgan fingerprint density at radius 2 is 1.21 bits per heavy atom. The Morgan fingerprint density at radius 3 is 1.76 bits per heavy atom. The standard InChI is InChI=1S/C26H40O2Si/c1-4-6-8-9-17-23-27-29(25-19-13-10-14-20-25,26-21-15-11-16-22-26)28-24(3)18-12-7-5-2/h10-11,13-16,19-22,24H,4-9,12,17-18,23H2,1-3H3. The molecule has 0 fully saturated rings. The summed E-state index contributed by atoms with van der Waals surface area (Å²) in [6.45, 7) is 7.49. The van der Waals surface area contributed by atoms with Crippen LogP contribution in [0.2, 0.25) is 0 Å². The lowest BCUT2D eigenvalue weighted by Gasteiger charge is -2.34. The number of hydrogen-bond donors (Lipinski definition) is 0. The highest BCUT2D eigenvalue weighted by Crippen LogP contribution is 2.17. The fraction of sp³-hybridized carbons (Fsp3) is 0.538. The molecule has 1 unspecified atom stereocenters. The fourth-order valence-electron chi connectivity index (χ4n) is 3.76. The van der Waals surface area contributed by atoms with Crippen LogP contribution in [0.4, 0.5) is 0 Å². The molecule has 0 aliphatic carbocycles. The number of hydrogen-bond acceptors (Lipinski definition) is 2. The molecule has 2 rings (SSSR count). The lowest BCUT2D eigenvalue weighted by Crippen LogP contribution is -2.64. The maximum atomic E-state index is 6.90. The molecule has 160 valence electrons. The summed E-state index contributed by atoms with van der Waals surface area (Å²) < 4.78 is 13.7. The highest BCUT2D eigenvalue weighted by Gasteiger charge is 2.43. The summed E-state index contributed by atoms with van der Waals surface area (Å²) in [4.78, 5) is 0. The summed E-state index contributed by atoms with van der Waals surface area (Å²) >= 11 is 0. The van der Waals surface area contributed by atoms with Gasteiger partial charge in [0.1, 0.15) is 0 Å². The number of rotatable bonds is 15. The van der Waals surface area contributed by atoms with E-state index in [0.29, 0.717) is 0 Å². The van der Waals surface area contributed by atoms with Crippen molar-refractivity contribution in [3.05, 3.63) is 60.7 Å². The predicted molar refractivity (Wildman–Crippen MR) is 127 cm³/mol. The smallest absolute Gasteiger partial charge is 0.388 e. The molecule has 0 amide bonds. The highest BCUT2D eigenvalue weighted by atomic mass is 28.4. The van der Waals surface area contributed by atoms with Gasteiger partial charge < -0.3 is 8.85 Å². The first-order chi connectivity index (χ1) is 14.2. The minimum Gasteiger partial charge on any atom is -0.388 e. The molecule has 0 aromatic heterocycles. The Kier molecular flexibility index (Phi) is 11.3. The van der Waals surface area contributed by atoms with Crippen molar-refractivity contribution >= 4 is 18.9 Å². The first-order valence-electron chi connectivity index (χ1n) is 11.7. The zero-order valence-electron chi connectivity index (χ0n) is 18.7. The van der Waals surface area contributed by atoms with Gasteiger partial charge in [-0.2, -0.15) is 0 Å². The molecule has 2 nitrogen and oxygen atoms in total. The van der Waals surface area contributed by atoms with Crippen LogP contribution in [-0.2, 0) is 8.85 Å². The van der Waals surface area contributed by atoms with Crippen LogP contribution in [0.15, 0.2) is 60.7 Å². The fourth-order valence-corrected chi connectivity index (χ4v) is 7.15. The number of benzene rings is 2. The van der Waals surface area contributed by atoms with Crippen LogP contribution < -0.4 is 10.4 Å². The minimum absolute atomic E-state index is 0.189. The van der Waals surface area contributed by atoms with Crippen molar-refractivity contribution in [2.75, 3.05) is 6.61 Å². The zero-order chi connectivity index (χ0) is 20.8. The van der Waals surface area contributed by atoms with Gasteiger partial charge in [-0.1, -0.05) is 119 Å². The average molecular weight is 413 g/mol. The molecule has 0 saturated heterocycles. The van der Waals surface area contributed by atoms with E-state index >= 15 is 0 Å². The van der Waals surface area contributed by atoms with E-state index in [1.54, 1.807) is 0 Å². The van der Waals surface area contributed by atoms with E-state index in [9.17, 15) is 0 Å². The second kappa shape index (κ2) is 13.7. The molecule has 2 aromatic rings. The summed E-state index contributed by atoms with van der Waals surface area (Å²) in [5.74, 6) is 0. The molecular weight excluding hydrogens is 372 g/mol. The summed E-state index contributed by atoms with van der Waals surface area (Å²) in [5.41, 5.74) is 0. The van der Waals surface area contributed by atoms with E-state index in [-0.39, 0.29) is 6.10 Å². The average Bonchev–Trinajstić information content (AvgIpc) is 2.77. The molecule has 0 aliphatic heterocycles. The van der Waals surface area contributed by atoms with E-state index in [1.165, 1.54) is 55.3 Å². The monoisotopic (exact) mass is 412 g/mol. The first-order valence-corrected chi connectivity index (χ1v) is 13.5. The summed E-state index contributed by atoms with van der Waals surface area (Å²) in [5, 5.41) is 2.42. The molecule has 0 radical (unpaired) electrons. The van der Waals surface area contributed by atoms with Crippen molar-refractivity contribution in [3.63, 3.8) is 0 Å². The lowest BCUT2D eigenvalue weighted by molar-refractivity contribution is 0.132. The Labute approximate surface area is 179 Å². The third-order valence-corrected chi connectivity index (χ3v) is 8.97. The van der Waals surface area contributed by atoms with Crippen molar-refractivity contribution in [3.8, 4) is 0 Å². The van der Waals surface area contributed by atoms with Gasteiger partial charge in [-0.3, -0.25) is 0 Å². The second-order valence-corrected chi connectivity index (χ2v) is 10.9. The second-order valence-electron chi connectivity index (χ2n) is 8.04. The maximum Gasteiger partial charge on any atom is 0.407 e. The third kappa shape index (κ3) is 7.73. The molecule has 0 heterocycles. The van der Waals surface area contributed by atoms with Crippen molar-refractivity contribution in [2.24, 2.45) is 0 Å². The van der Waals surface area contributed by atoms with Crippen molar-refractivity contribution in [1.29, 1.82) is 0 Å². The molecule has 0 N–H and O–H groups in total. The molecule has 0 saturated carbocycles. The van der Waals surface area contributed by atoms with E-state index in [4.69, 9.17) is 8.85 Å². The van der Waals surface area contributed by atoms with E-state index in [0.717, 1.165) is 19.4 Å². The summed E-state index contributed by atoms with van der Waals surface area (Å²) in [7, 11) is -2.74. The van der Waals surface area contributed by atoms with Crippen LogP contribution in [-0.4, -0.2) is 21.3 Å². The molecule has 3 heteroatoms. The van der Waals surface area contributed by atoms with Crippen LogP contribution in [0.25, 0.3) is 0 Å². The van der Waals surface area contributed by atoms with Crippen LogP contribution in [0, 0.1) is 0 Å². The molecule has 1 atom stereocenters. The van der Waals surface area contributed by atoms with Crippen molar-refractivity contribution in [1.82, 2.24) is 0 Å². The van der Waals surface area contributed by atoms with Gasteiger partial charge in [0.25, 0.3) is 0 Å². The molecular formula is C26H40O2Si. The normalized spacial score (nSPS) is 12.8. The van der Waals surface area contributed by atoms with Gasteiger partial charge in [0.2, 0.25) is 0 Å². The lowest BCUT2D eigenvalue weighted by atomic mass is 10.1. The maximum absolute atomic E-state index is 6.90. The van der Waals surface area contributed by atoms with Gasteiger partial charge in [-0.25, -0.2) is 0 Å².